The van der Waals surface area contributed by atoms with Crippen LogP contribution in [0.5, 0.6) is 0 Å². The van der Waals surface area contributed by atoms with Gasteiger partial charge in [-0.15, -0.1) is 0 Å². The second kappa shape index (κ2) is 9.75. The summed E-state index contributed by atoms with van der Waals surface area (Å²) in [5.74, 6) is -1.40. The first-order valence-corrected chi connectivity index (χ1v) is 7.17. The molecule has 1 rings (SSSR count). The molecule has 0 spiro atoms. The third kappa shape index (κ3) is 6.21. The van der Waals surface area contributed by atoms with Gasteiger partial charge in [0.2, 0.25) is 0 Å². The van der Waals surface area contributed by atoms with Crippen molar-refractivity contribution in [3.05, 3.63) is 29.6 Å². The molecule has 0 aliphatic carbocycles. The van der Waals surface area contributed by atoms with E-state index < -0.39 is 24.1 Å². The monoisotopic (exact) mass is 328 g/mol. The number of urea groups is 1. The number of rotatable bonds is 8. The molecule has 0 aliphatic rings. The minimum Gasteiger partial charge on any atom is -0.465 e. The third-order valence-electron chi connectivity index (χ3n) is 2.77. The molecule has 1 aromatic rings. The Morgan fingerprint density at radius 2 is 1.87 bits per heavy atom. The zero-order valence-corrected chi connectivity index (χ0v) is 13.3. The molecule has 1 aromatic carbocycles. The maximum atomic E-state index is 13.8. The lowest BCUT2D eigenvalue weighted by Crippen LogP contribution is -2.38. The molecule has 8 heteroatoms. The van der Waals surface area contributed by atoms with Crippen molar-refractivity contribution in [2.75, 3.05) is 32.2 Å². The van der Waals surface area contributed by atoms with E-state index in [1.807, 2.05) is 13.8 Å². The van der Waals surface area contributed by atoms with E-state index in [1.54, 1.807) is 0 Å². The number of esters is 1. The van der Waals surface area contributed by atoms with Crippen LogP contribution < -0.4 is 10.6 Å². The largest absolute Gasteiger partial charge is 0.465 e. The van der Waals surface area contributed by atoms with Gasteiger partial charge in [-0.1, -0.05) is 0 Å². The number of benzene rings is 1. The fourth-order valence-corrected chi connectivity index (χ4v) is 1.74. The van der Waals surface area contributed by atoms with Crippen LogP contribution in [-0.4, -0.2) is 45.2 Å². The standard InChI is InChI=1S/C15H21FN2O5/c1-4-22-13(23-5-2)9-17-15(20)18-12-7-6-10(8-11(12)16)14(19)21-3/h6-8,13H,4-5,9H2,1-3H3,(H2,17,18,20). The highest BCUT2D eigenvalue weighted by atomic mass is 19.1. The Bertz CT molecular complexity index is 533. The number of ether oxygens (including phenoxy) is 3. The van der Waals surface area contributed by atoms with Gasteiger partial charge in [0.15, 0.2) is 6.29 Å². The van der Waals surface area contributed by atoms with Crippen LogP contribution in [0.4, 0.5) is 14.9 Å². The Balaban J connectivity index is 2.58. The maximum Gasteiger partial charge on any atom is 0.337 e. The summed E-state index contributed by atoms with van der Waals surface area (Å²) in [5.41, 5.74) is 0.00300. The Morgan fingerprint density at radius 1 is 1.22 bits per heavy atom. The quantitative estimate of drug-likeness (QED) is 0.564. The summed E-state index contributed by atoms with van der Waals surface area (Å²) in [5, 5.41) is 4.86. The fourth-order valence-electron chi connectivity index (χ4n) is 1.74. The molecule has 0 bridgehead atoms. The van der Waals surface area contributed by atoms with Gasteiger partial charge in [0.1, 0.15) is 5.82 Å². The smallest absolute Gasteiger partial charge is 0.337 e. The molecule has 0 radical (unpaired) electrons. The van der Waals surface area contributed by atoms with Crippen LogP contribution in [0.25, 0.3) is 0 Å². The molecule has 7 nitrogen and oxygen atoms in total. The molecular weight excluding hydrogens is 307 g/mol. The SMILES string of the molecule is CCOC(CNC(=O)Nc1ccc(C(=O)OC)cc1F)OCC. The van der Waals surface area contributed by atoms with Crippen LogP contribution >= 0.6 is 0 Å². The average molecular weight is 328 g/mol. The van der Waals surface area contributed by atoms with E-state index in [0.29, 0.717) is 13.2 Å². The summed E-state index contributed by atoms with van der Waals surface area (Å²) in [6, 6.07) is 3.02. The number of carbonyl (C=O) groups is 2. The van der Waals surface area contributed by atoms with E-state index in [4.69, 9.17) is 9.47 Å². The molecule has 23 heavy (non-hydrogen) atoms. The van der Waals surface area contributed by atoms with Crippen LogP contribution in [0.1, 0.15) is 24.2 Å². The summed E-state index contributed by atoms with van der Waals surface area (Å²) in [7, 11) is 1.20. The average Bonchev–Trinajstić information content (AvgIpc) is 2.54. The van der Waals surface area contributed by atoms with Crippen molar-refractivity contribution in [3.8, 4) is 0 Å². The zero-order valence-electron chi connectivity index (χ0n) is 13.3. The Kier molecular flexibility index (Phi) is 8.00. The highest BCUT2D eigenvalue weighted by Gasteiger charge is 2.13. The van der Waals surface area contributed by atoms with E-state index >= 15 is 0 Å². The van der Waals surface area contributed by atoms with Gasteiger partial charge in [0.05, 0.1) is 24.9 Å². The zero-order chi connectivity index (χ0) is 17.2. The predicted octanol–water partition coefficient (Wildman–Crippen LogP) is 2.13. The van der Waals surface area contributed by atoms with E-state index in [-0.39, 0.29) is 17.8 Å². The van der Waals surface area contributed by atoms with Crippen molar-refractivity contribution < 1.29 is 28.2 Å². The Hall–Kier alpha value is -2.19. The number of amides is 2. The second-order valence-corrected chi connectivity index (χ2v) is 4.36. The minimum atomic E-state index is -0.741. The number of hydrogen-bond acceptors (Lipinski definition) is 5. The molecule has 0 fully saturated rings. The van der Waals surface area contributed by atoms with Gasteiger partial charge >= 0.3 is 12.0 Å². The second-order valence-electron chi connectivity index (χ2n) is 4.36. The van der Waals surface area contributed by atoms with Crippen LogP contribution in [0.15, 0.2) is 18.2 Å². The Labute approximate surface area is 134 Å². The van der Waals surface area contributed by atoms with Crippen molar-refractivity contribution in [1.29, 1.82) is 0 Å². The van der Waals surface area contributed by atoms with Crippen LogP contribution in [0, 0.1) is 5.82 Å². The predicted molar refractivity (Wildman–Crippen MR) is 81.8 cm³/mol. The summed E-state index contributed by atoms with van der Waals surface area (Å²) in [6.07, 6.45) is -0.567. The molecule has 0 atom stereocenters. The molecule has 0 saturated heterocycles. The van der Waals surface area contributed by atoms with Crippen molar-refractivity contribution in [3.63, 3.8) is 0 Å². The lowest BCUT2D eigenvalue weighted by molar-refractivity contribution is -0.131. The molecule has 0 heterocycles. The fraction of sp³-hybridized carbons (Fsp3) is 0.467. The molecule has 2 N–H and O–H groups in total. The van der Waals surface area contributed by atoms with Gasteiger partial charge in [-0.25, -0.2) is 14.0 Å². The lowest BCUT2D eigenvalue weighted by Gasteiger charge is -2.17. The summed E-state index contributed by atoms with van der Waals surface area (Å²) >= 11 is 0. The highest BCUT2D eigenvalue weighted by Crippen LogP contribution is 2.16. The van der Waals surface area contributed by atoms with Crippen molar-refractivity contribution >= 4 is 17.7 Å². The van der Waals surface area contributed by atoms with E-state index in [9.17, 15) is 14.0 Å². The number of carbonyl (C=O) groups excluding carboxylic acids is 2. The molecule has 2 amide bonds. The molecule has 0 aliphatic heterocycles. The van der Waals surface area contributed by atoms with Gasteiger partial charge in [-0.2, -0.15) is 0 Å². The maximum absolute atomic E-state index is 13.8. The first-order valence-electron chi connectivity index (χ1n) is 7.17. The third-order valence-corrected chi connectivity index (χ3v) is 2.77. The number of methoxy groups -OCH3 is 1. The first kappa shape index (κ1) is 18.9. The van der Waals surface area contributed by atoms with Gasteiger partial charge in [0.25, 0.3) is 0 Å². The van der Waals surface area contributed by atoms with Crippen molar-refractivity contribution in [2.45, 2.75) is 20.1 Å². The minimum absolute atomic E-state index is 0.0560. The van der Waals surface area contributed by atoms with Crippen molar-refractivity contribution in [2.24, 2.45) is 0 Å². The summed E-state index contributed by atoms with van der Waals surface area (Å²) in [4.78, 5) is 23.0. The topological polar surface area (TPSA) is 85.9 Å². The van der Waals surface area contributed by atoms with Gasteiger partial charge < -0.3 is 24.8 Å². The van der Waals surface area contributed by atoms with Crippen LogP contribution in [0.3, 0.4) is 0 Å². The number of hydrogen-bond donors (Lipinski definition) is 2. The number of anilines is 1. The van der Waals surface area contributed by atoms with Crippen LogP contribution in [-0.2, 0) is 14.2 Å². The number of nitrogens with one attached hydrogen (secondary N) is 2. The van der Waals surface area contributed by atoms with E-state index in [2.05, 4.69) is 15.4 Å². The molecular formula is C15H21FN2O5. The van der Waals surface area contributed by atoms with Gasteiger partial charge in [0, 0.05) is 13.2 Å². The molecule has 0 saturated carbocycles. The van der Waals surface area contributed by atoms with Gasteiger partial charge in [-0.05, 0) is 32.0 Å². The summed E-state index contributed by atoms with van der Waals surface area (Å²) in [6.45, 7) is 4.62. The van der Waals surface area contributed by atoms with E-state index in [0.717, 1.165) is 6.07 Å². The molecule has 128 valence electrons. The lowest BCUT2D eigenvalue weighted by atomic mass is 10.2. The van der Waals surface area contributed by atoms with Gasteiger partial charge in [-0.3, -0.25) is 0 Å². The summed E-state index contributed by atoms with van der Waals surface area (Å²) < 4.78 is 28.9. The highest BCUT2D eigenvalue weighted by molar-refractivity contribution is 5.92. The first-order chi connectivity index (χ1) is 11.0. The molecule has 0 unspecified atom stereocenters. The van der Waals surface area contributed by atoms with Crippen molar-refractivity contribution in [1.82, 2.24) is 5.32 Å². The van der Waals surface area contributed by atoms with Crippen LogP contribution in [0.2, 0.25) is 0 Å². The normalized spacial score (nSPS) is 10.5. The Morgan fingerprint density at radius 3 is 2.39 bits per heavy atom. The number of halogens is 1. The molecule has 0 aromatic heterocycles. The van der Waals surface area contributed by atoms with E-state index in [1.165, 1.54) is 19.2 Å².